The van der Waals surface area contributed by atoms with Gasteiger partial charge in [-0.25, -0.2) is 0 Å². The maximum atomic E-state index is 6.00. The smallest absolute Gasteiger partial charge is 0.191 e. The summed E-state index contributed by atoms with van der Waals surface area (Å²) in [6.45, 7) is 1.24. The molecular weight excluding hydrogens is 404 g/mol. The Kier molecular flexibility index (Phi) is 6.44. The van der Waals surface area contributed by atoms with Crippen LogP contribution in [-0.2, 0) is 6.54 Å². The number of halogens is 1. The molecule has 4 aromatic rings. The van der Waals surface area contributed by atoms with E-state index in [1.54, 1.807) is 18.0 Å². The lowest BCUT2D eigenvalue weighted by molar-refractivity contribution is 0.344. The van der Waals surface area contributed by atoms with Gasteiger partial charge in [-0.15, -0.1) is 10.2 Å². The van der Waals surface area contributed by atoms with Gasteiger partial charge >= 0.3 is 0 Å². The molecule has 2 heterocycles. The molecule has 0 fully saturated rings. The molecule has 0 saturated heterocycles. The highest BCUT2D eigenvalue weighted by molar-refractivity contribution is 7.99. The van der Waals surface area contributed by atoms with Crippen LogP contribution in [0.5, 0.6) is 5.75 Å². The van der Waals surface area contributed by atoms with E-state index in [2.05, 4.69) is 31.9 Å². The number of ether oxygens (including phenoxy) is 1. The minimum Gasteiger partial charge on any atom is -0.493 e. The van der Waals surface area contributed by atoms with Gasteiger partial charge in [0.15, 0.2) is 11.0 Å². The van der Waals surface area contributed by atoms with Crippen molar-refractivity contribution in [2.24, 2.45) is 0 Å². The first-order valence-electron chi connectivity index (χ1n) is 9.18. The van der Waals surface area contributed by atoms with Crippen LogP contribution in [0.4, 0.5) is 0 Å². The zero-order chi connectivity index (χ0) is 19.9. The van der Waals surface area contributed by atoms with E-state index in [-0.39, 0.29) is 0 Å². The Balaban J connectivity index is 1.49. The molecule has 4 rings (SSSR count). The zero-order valence-corrected chi connectivity index (χ0v) is 17.2. The van der Waals surface area contributed by atoms with Crippen LogP contribution in [0, 0.1) is 0 Å². The molecule has 0 aliphatic carbocycles. The number of rotatable bonds is 8. The molecule has 146 valence electrons. The number of hydrogen-bond donors (Lipinski definition) is 0. The molecular formula is C22H19ClN4OS. The Morgan fingerprint density at radius 3 is 2.66 bits per heavy atom. The molecule has 0 aliphatic rings. The van der Waals surface area contributed by atoms with Gasteiger partial charge < -0.3 is 4.74 Å². The van der Waals surface area contributed by atoms with Gasteiger partial charge in [0.25, 0.3) is 0 Å². The summed E-state index contributed by atoms with van der Waals surface area (Å²) < 4.78 is 7.91. The lowest BCUT2D eigenvalue weighted by atomic mass is 10.2. The van der Waals surface area contributed by atoms with Gasteiger partial charge in [-0.05, 0) is 35.9 Å². The monoisotopic (exact) mass is 422 g/mol. The van der Waals surface area contributed by atoms with Crippen LogP contribution < -0.4 is 4.74 Å². The third kappa shape index (κ3) is 5.16. The van der Waals surface area contributed by atoms with Crippen molar-refractivity contribution < 1.29 is 4.74 Å². The molecule has 2 aromatic carbocycles. The molecule has 0 radical (unpaired) electrons. The van der Waals surface area contributed by atoms with E-state index in [0.29, 0.717) is 18.2 Å². The number of pyridine rings is 1. The Labute approximate surface area is 178 Å². The zero-order valence-electron chi connectivity index (χ0n) is 15.6. The lowest BCUT2D eigenvalue weighted by Crippen LogP contribution is -2.06. The van der Waals surface area contributed by atoms with E-state index in [9.17, 15) is 0 Å². The van der Waals surface area contributed by atoms with E-state index >= 15 is 0 Å². The minimum absolute atomic E-state index is 0.547. The molecule has 2 aromatic heterocycles. The second-order valence-electron chi connectivity index (χ2n) is 6.27. The lowest BCUT2D eigenvalue weighted by Gasteiger charge is -2.11. The molecule has 29 heavy (non-hydrogen) atoms. The molecule has 0 unspecified atom stereocenters. The fourth-order valence-electron chi connectivity index (χ4n) is 2.86. The average molecular weight is 423 g/mol. The highest BCUT2D eigenvalue weighted by Crippen LogP contribution is 2.25. The van der Waals surface area contributed by atoms with Crippen molar-refractivity contribution in [2.45, 2.75) is 11.7 Å². The quantitative estimate of drug-likeness (QED) is 0.288. The fourth-order valence-corrected chi connectivity index (χ4v) is 3.80. The highest BCUT2D eigenvalue weighted by atomic mass is 35.5. The Morgan fingerprint density at radius 2 is 1.86 bits per heavy atom. The van der Waals surface area contributed by atoms with Crippen molar-refractivity contribution >= 4 is 23.4 Å². The summed E-state index contributed by atoms with van der Waals surface area (Å²) in [6, 6.07) is 21.6. The maximum absolute atomic E-state index is 6.00. The van der Waals surface area contributed by atoms with Gasteiger partial charge in [0.1, 0.15) is 5.75 Å². The highest BCUT2D eigenvalue weighted by Gasteiger charge is 2.15. The number of aromatic nitrogens is 4. The van der Waals surface area contributed by atoms with Gasteiger partial charge in [-0.1, -0.05) is 59.8 Å². The van der Waals surface area contributed by atoms with Gasteiger partial charge in [0, 0.05) is 28.7 Å². The normalized spacial score (nSPS) is 10.8. The third-order valence-electron chi connectivity index (χ3n) is 4.20. The van der Waals surface area contributed by atoms with Crippen LogP contribution in [0.3, 0.4) is 0 Å². The number of thioether (sulfide) groups is 1. The third-order valence-corrected chi connectivity index (χ3v) is 5.37. The number of benzene rings is 2. The van der Waals surface area contributed by atoms with E-state index in [0.717, 1.165) is 28.0 Å². The van der Waals surface area contributed by atoms with Crippen molar-refractivity contribution in [3.05, 3.63) is 89.7 Å². The maximum Gasteiger partial charge on any atom is 0.191 e. The van der Waals surface area contributed by atoms with Crippen LogP contribution in [0.15, 0.2) is 84.3 Å². The van der Waals surface area contributed by atoms with Gasteiger partial charge in [-0.2, -0.15) is 0 Å². The molecule has 0 atom stereocenters. The summed E-state index contributed by atoms with van der Waals surface area (Å²) in [4.78, 5) is 4.22. The predicted molar refractivity (Wildman–Crippen MR) is 116 cm³/mol. The largest absolute Gasteiger partial charge is 0.493 e. The summed E-state index contributed by atoms with van der Waals surface area (Å²) in [7, 11) is 0. The van der Waals surface area contributed by atoms with Crippen molar-refractivity contribution in [1.82, 2.24) is 19.7 Å². The summed E-state index contributed by atoms with van der Waals surface area (Å²) in [6.07, 6.45) is 3.56. The van der Waals surface area contributed by atoms with E-state index in [1.165, 1.54) is 5.56 Å². The second kappa shape index (κ2) is 9.58. The van der Waals surface area contributed by atoms with Crippen LogP contribution in [0.2, 0.25) is 5.02 Å². The SMILES string of the molecule is Clc1cccc(OCCSc2nnc(-c3cccnc3)n2Cc2ccccc2)c1. The summed E-state index contributed by atoms with van der Waals surface area (Å²) in [5, 5.41) is 10.4. The predicted octanol–water partition coefficient (Wildman–Crippen LogP) is 5.21. The van der Waals surface area contributed by atoms with Crippen LogP contribution in [0.1, 0.15) is 5.56 Å². The van der Waals surface area contributed by atoms with Crippen molar-refractivity contribution in [2.75, 3.05) is 12.4 Å². The van der Waals surface area contributed by atoms with E-state index < -0.39 is 0 Å². The molecule has 5 nitrogen and oxygen atoms in total. The van der Waals surface area contributed by atoms with Crippen molar-refractivity contribution in [3.63, 3.8) is 0 Å². The number of nitrogens with zero attached hydrogens (tertiary/aromatic N) is 4. The van der Waals surface area contributed by atoms with Gasteiger partial charge in [0.05, 0.1) is 13.2 Å². The average Bonchev–Trinajstić information content (AvgIpc) is 3.15. The van der Waals surface area contributed by atoms with Crippen LogP contribution in [-0.4, -0.2) is 32.1 Å². The molecule has 0 aliphatic heterocycles. The molecule has 0 N–H and O–H groups in total. The summed E-state index contributed by atoms with van der Waals surface area (Å²) in [5.74, 6) is 2.31. The first-order chi connectivity index (χ1) is 14.3. The second-order valence-corrected chi connectivity index (χ2v) is 7.77. The van der Waals surface area contributed by atoms with Gasteiger partial charge in [0.2, 0.25) is 0 Å². The van der Waals surface area contributed by atoms with Crippen LogP contribution in [0.25, 0.3) is 11.4 Å². The Bertz CT molecular complexity index is 1060. The Hall–Kier alpha value is -2.83. The van der Waals surface area contributed by atoms with Crippen LogP contribution >= 0.6 is 23.4 Å². The summed E-state index contributed by atoms with van der Waals surface area (Å²) >= 11 is 7.62. The molecule has 7 heteroatoms. The first kappa shape index (κ1) is 19.5. The fraction of sp³-hybridized carbons (Fsp3) is 0.136. The van der Waals surface area contributed by atoms with Gasteiger partial charge in [-0.3, -0.25) is 9.55 Å². The standard InChI is InChI=1S/C22H19ClN4OS/c23-19-9-4-10-20(14-19)28-12-13-29-22-26-25-21(18-8-5-11-24-15-18)27(22)16-17-6-2-1-3-7-17/h1-11,14-15H,12-13,16H2. The van der Waals surface area contributed by atoms with E-state index in [1.807, 2.05) is 60.8 Å². The Morgan fingerprint density at radius 1 is 0.966 bits per heavy atom. The van der Waals surface area contributed by atoms with Crippen molar-refractivity contribution in [1.29, 1.82) is 0 Å². The molecule has 0 bridgehead atoms. The van der Waals surface area contributed by atoms with E-state index in [4.69, 9.17) is 16.3 Å². The minimum atomic E-state index is 0.547. The number of hydrogen-bond acceptors (Lipinski definition) is 5. The summed E-state index contributed by atoms with van der Waals surface area (Å²) in [5.41, 5.74) is 2.13. The first-order valence-corrected chi connectivity index (χ1v) is 10.5. The topological polar surface area (TPSA) is 52.8 Å². The molecule has 0 spiro atoms. The molecule has 0 saturated carbocycles. The molecule has 0 amide bonds. The van der Waals surface area contributed by atoms with Crippen molar-refractivity contribution in [3.8, 4) is 17.1 Å².